The maximum atomic E-state index is 11.8. The van der Waals surface area contributed by atoms with Crippen LogP contribution in [-0.4, -0.2) is 6.36 Å². The lowest BCUT2D eigenvalue weighted by Crippen LogP contribution is -2.17. The van der Waals surface area contributed by atoms with Gasteiger partial charge in [-0.05, 0) is 30.7 Å². The zero-order valence-electron chi connectivity index (χ0n) is 7.22. The third-order valence-electron chi connectivity index (χ3n) is 1.55. The summed E-state index contributed by atoms with van der Waals surface area (Å²) in [6.45, 7) is 1.54. The highest BCUT2D eigenvalue weighted by molar-refractivity contribution is 5.41. The molecule has 0 amide bonds. The van der Waals surface area contributed by atoms with Gasteiger partial charge in [-0.3, -0.25) is 0 Å². The summed E-state index contributed by atoms with van der Waals surface area (Å²) >= 11 is 0. The second kappa shape index (κ2) is 3.58. The molecule has 5 heteroatoms. The van der Waals surface area contributed by atoms with Crippen molar-refractivity contribution < 1.29 is 17.9 Å². The number of alkyl halides is 3. The van der Waals surface area contributed by atoms with E-state index in [1.165, 1.54) is 12.1 Å². The summed E-state index contributed by atoms with van der Waals surface area (Å²) in [4.78, 5) is 0. The summed E-state index contributed by atoms with van der Waals surface area (Å²) in [5.41, 5.74) is 0.786. The number of ether oxygens (including phenoxy) is 1. The molecule has 0 aliphatic rings. The van der Waals surface area contributed by atoms with E-state index < -0.39 is 6.36 Å². The lowest BCUT2D eigenvalue weighted by atomic mass is 10.1. The third-order valence-corrected chi connectivity index (χ3v) is 1.55. The Labute approximate surface area is 78.5 Å². The molecule has 1 aromatic rings. The number of benzene rings is 1. The standard InChI is InChI=1S/C9H6F3NO/c1-6-4-8(14-9(10,11)12)3-2-7(6)5-13/h2-4H,1H3. The number of halogens is 3. The Morgan fingerprint density at radius 2 is 2.00 bits per heavy atom. The molecule has 0 spiro atoms. The molecule has 0 fully saturated rings. The average molecular weight is 201 g/mol. The molecule has 0 bridgehead atoms. The van der Waals surface area contributed by atoms with Crippen LogP contribution >= 0.6 is 0 Å². The fourth-order valence-corrected chi connectivity index (χ4v) is 0.959. The molecule has 74 valence electrons. The van der Waals surface area contributed by atoms with E-state index in [4.69, 9.17) is 5.26 Å². The molecule has 14 heavy (non-hydrogen) atoms. The number of nitriles is 1. The lowest BCUT2D eigenvalue weighted by Gasteiger charge is -2.09. The highest BCUT2D eigenvalue weighted by Crippen LogP contribution is 2.24. The molecular weight excluding hydrogens is 195 g/mol. The van der Waals surface area contributed by atoms with Gasteiger partial charge in [0.15, 0.2) is 0 Å². The fraction of sp³-hybridized carbons (Fsp3) is 0.222. The van der Waals surface area contributed by atoms with E-state index in [0.29, 0.717) is 11.1 Å². The van der Waals surface area contributed by atoms with Crippen LogP contribution in [0.1, 0.15) is 11.1 Å². The predicted octanol–water partition coefficient (Wildman–Crippen LogP) is 2.77. The molecular formula is C9H6F3NO. The number of hydrogen-bond donors (Lipinski definition) is 0. The van der Waals surface area contributed by atoms with Crippen molar-refractivity contribution in [2.75, 3.05) is 0 Å². The van der Waals surface area contributed by atoms with E-state index in [-0.39, 0.29) is 5.75 Å². The second-order valence-corrected chi connectivity index (χ2v) is 2.64. The van der Waals surface area contributed by atoms with Crippen molar-refractivity contribution in [3.8, 4) is 11.8 Å². The minimum atomic E-state index is -4.69. The monoisotopic (exact) mass is 201 g/mol. The van der Waals surface area contributed by atoms with Crippen molar-refractivity contribution in [1.82, 2.24) is 0 Å². The molecule has 0 heterocycles. The largest absolute Gasteiger partial charge is 0.573 e. The number of hydrogen-bond acceptors (Lipinski definition) is 2. The van der Waals surface area contributed by atoms with Crippen LogP contribution in [0.2, 0.25) is 0 Å². The zero-order chi connectivity index (χ0) is 10.8. The van der Waals surface area contributed by atoms with E-state index in [1.54, 1.807) is 6.92 Å². The van der Waals surface area contributed by atoms with Gasteiger partial charge in [0.1, 0.15) is 5.75 Å². The molecule has 0 unspecified atom stereocenters. The van der Waals surface area contributed by atoms with Crippen LogP contribution in [0.25, 0.3) is 0 Å². The van der Waals surface area contributed by atoms with Crippen molar-refractivity contribution in [3.63, 3.8) is 0 Å². The van der Waals surface area contributed by atoms with Gasteiger partial charge in [-0.25, -0.2) is 0 Å². The molecule has 0 atom stereocenters. The zero-order valence-corrected chi connectivity index (χ0v) is 7.22. The minimum Gasteiger partial charge on any atom is -0.406 e. The third kappa shape index (κ3) is 2.66. The molecule has 0 radical (unpaired) electrons. The quantitative estimate of drug-likeness (QED) is 0.699. The van der Waals surface area contributed by atoms with Crippen LogP contribution in [0, 0.1) is 18.3 Å². The van der Waals surface area contributed by atoms with Gasteiger partial charge in [-0.1, -0.05) is 0 Å². The SMILES string of the molecule is Cc1cc(OC(F)(F)F)ccc1C#N. The van der Waals surface area contributed by atoms with Crippen molar-refractivity contribution in [2.24, 2.45) is 0 Å². The van der Waals surface area contributed by atoms with Crippen molar-refractivity contribution in [2.45, 2.75) is 13.3 Å². The van der Waals surface area contributed by atoms with Gasteiger partial charge in [0, 0.05) is 0 Å². The summed E-state index contributed by atoms with van der Waals surface area (Å²) < 4.78 is 39.0. The maximum absolute atomic E-state index is 11.8. The number of aryl methyl sites for hydroxylation is 1. The second-order valence-electron chi connectivity index (χ2n) is 2.64. The average Bonchev–Trinajstić information content (AvgIpc) is 2.01. The molecule has 1 rings (SSSR count). The summed E-state index contributed by atoms with van der Waals surface area (Å²) in [5.74, 6) is -0.311. The first kappa shape index (κ1) is 10.4. The van der Waals surface area contributed by atoms with E-state index in [0.717, 1.165) is 6.07 Å². The Bertz CT molecular complexity index is 379. The molecule has 0 saturated carbocycles. The lowest BCUT2D eigenvalue weighted by molar-refractivity contribution is -0.274. The van der Waals surface area contributed by atoms with Gasteiger partial charge in [0.25, 0.3) is 0 Å². The fourth-order valence-electron chi connectivity index (χ4n) is 0.959. The van der Waals surface area contributed by atoms with E-state index in [2.05, 4.69) is 4.74 Å². The number of nitrogens with zero attached hydrogens (tertiary/aromatic N) is 1. The van der Waals surface area contributed by atoms with E-state index in [9.17, 15) is 13.2 Å². The predicted molar refractivity (Wildman–Crippen MR) is 42.6 cm³/mol. The van der Waals surface area contributed by atoms with Crippen LogP contribution in [0.3, 0.4) is 0 Å². The van der Waals surface area contributed by atoms with Gasteiger partial charge in [0.2, 0.25) is 0 Å². The molecule has 1 aromatic carbocycles. The van der Waals surface area contributed by atoms with Crippen LogP contribution in [0.15, 0.2) is 18.2 Å². The molecule has 2 nitrogen and oxygen atoms in total. The van der Waals surface area contributed by atoms with E-state index >= 15 is 0 Å². The summed E-state index contributed by atoms with van der Waals surface area (Å²) in [6, 6.07) is 5.42. The Kier molecular flexibility index (Phi) is 2.65. The van der Waals surface area contributed by atoms with Crippen molar-refractivity contribution >= 4 is 0 Å². The Balaban J connectivity index is 2.94. The number of rotatable bonds is 1. The van der Waals surface area contributed by atoms with Crippen LogP contribution in [-0.2, 0) is 0 Å². The molecule has 0 aliphatic carbocycles. The van der Waals surface area contributed by atoms with E-state index in [1.807, 2.05) is 6.07 Å². The highest BCUT2D eigenvalue weighted by Gasteiger charge is 2.31. The smallest absolute Gasteiger partial charge is 0.406 e. The minimum absolute atomic E-state index is 0.311. The first-order valence-corrected chi connectivity index (χ1v) is 3.69. The Morgan fingerprint density at radius 1 is 1.36 bits per heavy atom. The van der Waals surface area contributed by atoms with Crippen LogP contribution in [0.4, 0.5) is 13.2 Å². The molecule has 0 aromatic heterocycles. The summed E-state index contributed by atoms with van der Waals surface area (Å²) in [7, 11) is 0. The van der Waals surface area contributed by atoms with Crippen LogP contribution < -0.4 is 4.74 Å². The first-order chi connectivity index (χ1) is 6.42. The maximum Gasteiger partial charge on any atom is 0.573 e. The van der Waals surface area contributed by atoms with Gasteiger partial charge in [0.05, 0.1) is 11.6 Å². The summed E-state index contributed by atoms with van der Waals surface area (Å²) in [6.07, 6.45) is -4.69. The normalized spacial score (nSPS) is 10.8. The van der Waals surface area contributed by atoms with Gasteiger partial charge in [-0.15, -0.1) is 13.2 Å². The topological polar surface area (TPSA) is 33.0 Å². The molecule has 0 aliphatic heterocycles. The Morgan fingerprint density at radius 3 is 2.43 bits per heavy atom. The van der Waals surface area contributed by atoms with Gasteiger partial charge < -0.3 is 4.74 Å². The molecule has 0 saturated heterocycles. The van der Waals surface area contributed by atoms with Crippen molar-refractivity contribution in [3.05, 3.63) is 29.3 Å². The molecule has 0 N–H and O–H groups in total. The Hall–Kier alpha value is -1.70. The van der Waals surface area contributed by atoms with Gasteiger partial charge >= 0.3 is 6.36 Å². The van der Waals surface area contributed by atoms with Gasteiger partial charge in [-0.2, -0.15) is 5.26 Å². The summed E-state index contributed by atoms with van der Waals surface area (Å²) in [5, 5.41) is 8.53. The highest BCUT2D eigenvalue weighted by atomic mass is 19.4. The van der Waals surface area contributed by atoms with Crippen molar-refractivity contribution in [1.29, 1.82) is 5.26 Å². The van der Waals surface area contributed by atoms with Crippen LogP contribution in [0.5, 0.6) is 5.75 Å². The first-order valence-electron chi connectivity index (χ1n) is 3.69.